The zero-order valence-corrected chi connectivity index (χ0v) is 9.11. The summed E-state index contributed by atoms with van der Waals surface area (Å²) in [5.74, 6) is -0.894. The maximum Gasteiger partial charge on any atom is 0.151 e. The molecule has 0 unspecified atom stereocenters. The lowest BCUT2D eigenvalue weighted by Gasteiger charge is -2.08. The molecule has 0 spiro atoms. The summed E-state index contributed by atoms with van der Waals surface area (Å²) >= 11 is 0. The standard InChI is InChI=1S/C10H11F2N5/c1-17-5-15-16-9(17)4-14-10-7(11)2-6(13)3-8(10)12/h2-3,5,14H,4,13H2,1H3. The van der Waals surface area contributed by atoms with Crippen molar-refractivity contribution in [3.63, 3.8) is 0 Å². The number of nitrogens with one attached hydrogen (secondary N) is 1. The average molecular weight is 239 g/mol. The zero-order valence-electron chi connectivity index (χ0n) is 9.11. The first kappa shape index (κ1) is 11.3. The normalized spacial score (nSPS) is 10.5. The second-order valence-corrected chi connectivity index (χ2v) is 3.57. The van der Waals surface area contributed by atoms with Gasteiger partial charge in [0.1, 0.15) is 12.0 Å². The highest BCUT2D eigenvalue weighted by atomic mass is 19.1. The van der Waals surface area contributed by atoms with Gasteiger partial charge in [-0.2, -0.15) is 0 Å². The molecule has 0 atom stereocenters. The third-order valence-corrected chi connectivity index (χ3v) is 2.29. The smallest absolute Gasteiger partial charge is 0.151 e. The van der Waals surface area contributed by atoms with Crippen molar-refractivity contribution in [1.29, 1.82) is 0 Å². The Morgan fingerprint density at radius 1 is 1.35 bits per heavy atom. The van der Waals surface area contributed by atoms with Gasteiger partial charge in [0.15, 0.2) is 17.5 Å². The van der Waals surface area contributed by atoms with E-state index in [9.17, 15) is 8.78 Å². The number of hydrogen-bond acceptors (Lipinski definition) is 4. The van der Waals surface area contributed by atoms with Gasteiger partial charge in [0.05, 0.1) is 6.54 Å². The second kappa shape index (κ2) is 4.36. The lowest BCUT2D eigenvalue weighted by atomic mass is 10.2. The highest BCUT2D eigenvalue weighted by Gasteiger charge is 2.10. The highest BCUT2D eigenvalue weighted by molar-refractivity contribution is 5.53. The third kappa shape index (κ3) is 2.32. The third-order valence-electron chi connectivity index (χ3n) is 2.29. The predicted molar refractivity (Wildman–Crippen MR) is 59.1 cm³/mol. The molecule has 0 radical (unpaired) electrons. The number of nitrogens with zero attached hydrogens (tertiary/aromatic N) is 3. The first-order valence-corrected chi connectivity index (χ1v) is 4.89. The van der Waals surface area contributed by atoms with E-state index in [4.69, 9.17) is 5.73 Å². The molecule has 7 heteroatoms. The number of aryl methyl sites for hydroxylation is 1. The van der Waals surface area contributed by atoms with Crippen LogP contribution in [0.5, 0.6) is 0 Å². The lowest BCUT2D eigenvalue weighted by Crippen LogP contribution is -2.08. The van der Waals surface area contributed by atoms with E-state index in [-0.39, 0.29) is 17.9 Å². The molecule has 90 valence electrons. The van der Waals surface area contributed by atoms with Crippen LogP contribution in [-0.2, 0) is 13.6 Å². The Labute approximate surface area is 96.3 Å². The van der Waals surface area contributed by atoms with E-state index >= 15 is 0 Å². The Bertz CT molecular complexity index is 514. The zero-order chi connectivity index (χ0) is 12.4. The van der Waals surface area contributed by atoms with Crippen LogP contribution in [0.4, 0.5) is 20.2 Å². The molecule has 2 rings (SSSR count). The summed E-state index contributed by atoms with van der Waals surface area (Å²) in [5, 5.41) is 10.1. The predicted octanol–water partition coefficient (Wildman–Crippen LogP) is 1.29. The molecule has 0 aliphatic carbocycles. The highest BCUT2D eigenvalue weighted by Crippen LogP contribution is 2.22. The maximum atomic E-state index is 13.4. The molecule has 1 heterocycles. The van der Waals surface area contributed by atoms with Gasteiger partial charge in [-0.05, 0) is 12.1 Å². The minimum atomic E-state index is -0.732. The van der Waals surface area contributed by atoms with Crippen LogP contribution in [0.3, 0.4) is 0 Å². The number of halogens is 2. The number of rotatable bonds is 3. The molecule has 1 aromatic heterocycles. The Kier molecular flexibility index (Phi) is 2.90. The number of anilines is 2. The van der Waals surface area contributed by atoms with Crippen LogP contribution in [0.1, 0.15) is 5.82 Å². The first-order valence-electron chi connectivity index (χ1n) is 4.89. The monoisotopic (exact) mass is 239 g/mol. The number of nitrogens with two attached hydrogens (primary N) is 1. The van der Waals surface area contributed by atoms with Gasteiger partial charge in [-0.15, -0.1) is 10.2 Å². The molecule has 2 aromatic rings. The molecule has 0 fully saturated rings. The largest absolute Gasteiger partial charge is 0.399 e. The summed E-state index contributed by atoms with van der Waals surface area (Å²) in [4.78, 5) is 0. The molecule has 0 bridgehead atoms. The number of benzene rings is 1. The molecule has 3 N–H and O–H groups in total. The average Bonchev–Trinajstić information content (AvgIpc) is 2.62. The van der Waals surface area contributed by atoms with Crippen LogP contribution in [0, 0.1) is 11.6 Å². The van der Waals surface area contributed by atoms with Crippen molar-refractivity contribution in [2.45, 2.75) is 6.54 Å². The summed E-state index contributed by atoms with van der Waals surface area (Å²) in [7, 11) is 1.74. The van der Waals surface area contributed by atoms with Crippen molar-refractivity contribution in [2.24, 2.45) is 7.05 Å². The molecule has 0 amide bonds. The Hall–Kier alpha value is -2.18. The molecule has 0 saturated carbocycles. The number of nitrogen functional groups attached to an aromatic ring is 1. The van der Waals surface area contributed by atoms with E-state index < -0.39 is 11.6 Å². The van der Waals surface area contributed by atoms with E-state index in [1.165, 1.54) is 6.33 Å². The van der Waals surface area contributed by atoms with Crippen molar-refractivity contribution in [1.82, 2.24) is 14.8 Å². The first-order chi connectivity index (χ1) is 8.08. The van der Waals surface area contributed by atoms with Gasteiger partial charge in [-0.3, -0.25) is 0 Å². The van der Waals surface area contributed by atoms with Crippen molar-refractivity contribution in [3.8, 4) is 0 Å². The summed E-state index contributed by atoms with van der Waals surface area (Å²) < 4.78 is 28.5. The molecule has 0 aliphatic rings. The van der Waals surface area contributed by atoms with Gasteiger partial charge >= 0.3 is 0 Å². The Morgan fingerprint density at radius 3 is 2.53 bits per heavy atom. The van der Waals surface area contributed by atoms with Crippen molar-refractivity contribution >= 4 is 11.4 Å². The van der Waals surface area contributed by atoms with Gasteiger partial charge in [-0.1, -0.05) is 0 Å². The SMILES string of the molecule is Cn1cnnc1CNc1c(F)cc(N)cc1F. The Morgan fingerprint density at radius 2 is 2.00 bits per heavy atom. The van der Waals surface area contributed by atoms with Crippen LogP contribution in [0.2, 0.25) is 0 Å². The molecule has 1 aromatic carbocycles. The van der Waals surface area contributed by atoms with Crippen molar-refractivity contribution < 1.29 is 8.78 Å². The van der Waals surface area contributed by atoms with Crippen LogP contribution < -0.4 is 11.1 Å². The molecule has 0 saturated heterocycles. The molecular weight excluding hydrogens is 228 g/mol. The fourth-order valence-electron chi connectivity index (χ4n) is 1.40. The number of aromatic nitrogens is 3. The van der Waals surface area contributed by atoms with Gasteiger partial charge in [0.2, 0.25) is 0 Å². The van der Waals surface area contributed by atoms with Crippen LogP contribution >= 0.6 is 0 Å². The maximum absolute atomic E-state index is 13.4. The molecule has 5 nitrogen and oxygen atoms in total. The minimum Gasteiger partial charge on any atom is -0.399 e. The van der Waals surface area contributed by atoms with Crippen molar-refractivity contribution in [2.75, 3.05) is 11.1 Å². The van der Waals surface area contributed by atoms with E-state index in [2.05, 4.69) is 15.5 Å². The molecular formula is C10H11F2N5. The molecule has 17 heavy (non-hydrogen) atoms. The summed E-state index contributed by atoms with van der Waals surface area (Å²) in [6.07, 6.45) is 1.51. The lowest BCUT2D eigenvalue weighted by molar-refractivity contribution is 0.588. The fourth-order valence-corrected chi connectivity index (χ4v) is 1.40. The quantitative estimate of drug-likeness (QED) is 0.792. The van der Waals surface area contributed by atoms with Crippen LogP contribution in [0.15, 0.2) is 18.5 Å². The van der Waals surface area contributed by atoms with Crippen LogP contribution in [0.25, 0.3) is 0 Å². The fraction of sp³-hybridized carbons (Fsp3) is 0.200. The van der Waals surface area contributed by atoms with Gasteiger partial charge < -0.3 is 15.6 Å². The second-order valence-electron chi connectivity index (χ2n) is 3.57. The van der Waals surface area contributed by atoms with E-state index in [1.807, 2.05) is 0 Å². The summed E-state index contributed by atoms with van der Waals surface area (Å²) in [6.45, 7) is 0.175. The van der Waals surface area contributed by atoms with Gasteiger partial charge in [0, 0.05) is 12.7 Å². The topological polar surface area (TPSA) is 68.8 Å². The Balaban J connectivity index is 2.17. The van der Waals surface area contributed by atoms with Gasteiger partial charge in [-0.25, -0.2) is 8.78 Å². The van der Waals surface area contributed by atoms with E-state index in [1.54, 1.807) is 11.6 Å². The van der Waals surface area contributed by atoms with Crippen LogP contribution in [-0.4, -0.2) is 14.8 Å². The summed E-state index contributed by atoms with van der Waals surface area (Å²) in [6, 6.07) is 2.12. The van der Waals surface area contributed by atoms with E-state index in [0.29, 0.717) is 5.82 Å². The van der Waals surface area contributed by atoms with Gasteiger partial charge in [0.25, 0.3) is 0 Å². The van der Waals surface area contributed by atoms with E-state index in [0.717, 1.165) is 12.1 Å². The number of hydrogen-bond donors (Lipinski definition) is 2. The minimum absolute atomic E-state index is 0.0456. The van der Waals surface area contributed by atoms with Crippen molar-refractivity contribution in [3.05, 3.63) is 35.9 Å². The molecule has 0 aliphatic heterocycles. The summed E-state index contributed by atoms with van der Waals surface area (Å²) in [5.41, 5.74) is 5.13.